The minimum Gasteiger partial charge on any atom is -0.396 e. The third kappa shape index (κ3) is 8.85. The van der Waals surface area contributed by atoms with Crippen molar-refractivity contribution in [2.75, 3.05) is 26.2 Å². The Morgan fingerprint density at radius 1 is 1.00 bits per heavy atom. The second-order valence-electron chi connectivity index (χ2n) is 4.41. The third-order valence-corrected chi connectivity index (χ3v) is 2.73. The molecule has 0 fully saturated rings. The van der Waals surface area contributed by atoms with Crippen LogP contribution >= 0.6 is 0 Å². The number of unbranched alkanes of at least 4 members (excludes halogenated alkanes) is 3. The van der Waals surface area contributed by atoms with Crippen molar-refractivity contribution in [3.63, 3.8) is 0 Å². The molecule has 0 spiro atoms. The van der Waals surface area contributed by atoms with Gasteiger partial charge in [0.1, 0.15) is 0 Å². The van der Waals surface area contributed by atoms with E-state index in [1.165, 1.54) is 19.4 Å². The van der Waals surface area contributed by atoms with Gasteiger partial charge in [0, 0.05) is 12.6 Å². The molecular weight excluding hydrogens is 188 g/mol. The highest BCUT2D eigenvalue weighted by molar-refractivity contribution is 4.63. The Bertz CT molecular complexity index is 129. The summed E-state index contributed by atoms with van der Waals surface area (Å²) in [7, 11) is 0. The Morgan fingerprint density at radius 2 is 1.60 bits per heavy atom. The average Bonchev–Trinajstić information content (AvgIpc) is 2.21. The predicted octanol–water partition coefficient (Wildman–Crippen LogP) is 1.60. The molecule has 0 aromatic carbocycles. The van der Waals surface area contributed by atoms with Crippen molar-refractivity contribution in [1.29, 1.82) is 0 Å². The van der Waals surface area contributed by atoms with E-state index in [0.717, 1.165) is 32.4 Å². The Morgan fingerprint density at radius 3 is 2.13 bits per heavy atom. The zero-order valence-electron chi connectivity index (χ0n) is 10.4. The monoisotopic (exact) mass is 216 g/mol. The SMILES string of the molecule is CC(C)N(CCCN)CCCCCCO. The van der Waals surface area contributed by atoms with E-state index in [0.29, 0.717) is 12.6 Å². The summed E-state index contributed by atoms with van der Waals surface area (Å²) in [6.07, 6.45) is 5.66. The van der Waals surface area contributed by atoms with Crippen LogP contribution in [-0.2, 0) is 0 Å². The molecule has 0 atom stereocenters. The Labute approximate surface area is 94.6 Å². The lowest BCUT2D eigenvalue weighted by atomic mass is 10.1. The first-order valence-corrected chi connectivity index (χ1v) is 6.27. The molecule has 0 radical (unpaired) electrons. The summed E-state index contributed by atoms with van der Waals surface area (Å²) >= 11 is 0. The molecule has 0 aliphatic carbocycles. The van der Waals surface area contributed by atoms with Gasteiger partial charge in [-0.25, -0.2) is 0 Å². The third-order valence-electron chi connectivity index (χ3n) is 2.73. The van der Waals surface area contributed by atoms with Crippen molar-refractivity contribution in [2.45, 2.75) is 52.0 Å². The molecule has 92 valence electrons. The van der Waals surface area contributed by atoms with Crippen LogP contribution in [0.15, 0.2) is 0 Å². The summed E-state index contributed by atoms with van der Waals surface area (Å²) in [5.41, 5.74) is 5.52. The fourth-order valence-electron chi connectivity index (χ4n) is 1.70. The van der Waals surface area contributed by atoms with Gasteiger partial charge in [0.25, 0.3) is 0 Å². The van der Waals surface area contributed by atoms with Gasteiger partial charge in [0.15, 0.2) is 0 Å². The molecule has 0 bridgehead atoms. The minimum absolute atomic E-state index is 0.334. The highest BCUT2D eigenvalue weighted by atomic mass is 16.2. The summed E-state index contributed by atoms with van der Waals surface area (Å²) in [4.78, 5) is 2.49. The second-order valence-corrected chi connectivity index (χ2v) is 4.41. The van der Waals surface area contributed by atoms with E-state index >= 15 is 0 Å². The summed E-state index contributed by atoms with van der Waals surface area (Å²) < 4.78 is 0. The van der Waals surface area contributed by atoms with Gasteiger partial charge >= 0.3 is 0 Å². The van der Waals surface area contributed by atoms with Crippen LogP contribution in [0, 0.1) is 0 Å². The van der Waals surface area contributed by atoms with Gasteiger partial charge in [-0.05, 0) is 52.7 Å². The fourth-order valence-corrected chi connectivity index (χ4v) is 1.70. The van der Waals surface area contributed by atoms with Gasteiger partial charge < -0.3 is 15.7 Å². The van der Waals surface area contributed by atoms with E-state index in [-0.39, 0.29) is 0 Å². The van der Waals surface area contributed by atoms with Crippen LogP contribution in [0.1, 0.15) is 46.0 Å². The summed E-state index contributed by atoms with van der Waals surface area (Å²) in [6.45, 7) is 7.89. The van der Waals surface area contributed by atoms with E-state index in [4.69, 9.17) is 10.8 Å². The Hall–Kier alpha value is -0.120. The van der Waals surface area contributed by atoms with E-state index in [1.54, 1.807) is 0 Å². The molecule has 0 rings (SSSR count). The lowest BCUT2D eigenvalue weighted by Crippen LogP contribution is -2.33. The Kier molecular flexibility index (Phi) is 10.3. The first kappa shape index (κ1) is 14.9. The molecule has 0 aromatic rings. The van der Waals surface area contributed by atoms with Crippen LogP contribution in [0.5, 0.6) is 0 Å². The first-order valence-electron chi connectivity index (χ1n) is 6.27. The Balaban J connectivity index is 3.48. The van der Waals surface area contributed by atoms with Gasteiger partial charge in [-0.3, -0.25) is 0 Å². The lowest BCUT2D eigenvalue weighted by molar-refractivity contribution is 0.213. The lowest BCUT2D eigenvalue weighted by Gasteiger charge is -2.26. The maximum Gasteiger partial charge on any atom is 0.0431 e. The number of hydrogen-bond donors (Lipinski definition) is 2. The average molecular weight is 216 g/mol. The summed E-state index contributed by atoms with van der Waals surface area (Å²) in [5, 5.41) is 8.65. The predicted molar refractivity (Wildman–Crippen MR) is 65.9 cm³/mol. The minimum atomic E-state index is 0.334. The first-order chi connectivity index (χ1) is 7.22. The number of aliphatic hydroxyl groups is 1. The van der Waals surface area contributed by atoms with Crippen LogP contribution < -0.4 is 5.73 Å². The number of hydrogen-bond acceptors (Lipinski definition) is 3. The quantitative estimate of drug-likeness (QED) is 0.545. The molecule has 0 heterocycles. The van der Waals surface area contributed by atoms with Gasteiger partial charge in [0.2, 0.25) is 0 Å². The van der Waals surface area contributed by atoms with Crippen molar-refractivity contribution in [3.05, 3.63) is 0 Å². The largest absolute Gasteiger partial charge is 0.396 e. The topological polar surface area (TPSA) is 49.5 Å². The van der Waals surface area contributed by atoms with Crippen LogP contribution in [0.2, 0.25) is 0 Å². The standard InChI is InChI=1S/C12H28N2O/c1-12(2)14(10-7-8-13)9-5-3-4-6-11-15/h12,15H,3-11,13H2,1-2H3. The van der Waals surface area contributed by atoms with Gasteiger partial charge in [0.05, 0.1) is 0 Å². The van der Waals surface area contributed by atoms with Crippen LogP contribution in [0.4, 0.5) is 0 Å². The number of nitrogens with two attached hydrogens (primary N) is 1. The van der Waals surface area contributed by atoms with Crippen LogP contribution in [0.3, 0.4) is 0 Å². The molecular formula is C12H28N2O. The number of aliphatic hydroxyl groups excluding tert-OH is 1. The molecule has 0 aliphatic heterocycles. The van der Waals surface area contributed by atoms with Gasteiger partial charge in [-0.1, -0.05) is 12.8 Å². The van der Waals surface area contributed by atoms with Gasteiger partial charge in [-0.15, -0.1) is 0 Å². The maximum absolute atomic E-state index is 8.65. The normalized spacial score (nSPS) is 11.6. The molecule has 0 unspecified atom stereocenters. The van der Waals surface area contributed by atoms with Crippen LogP contribution in [0.25, 0.3) is 0 Å². The van der Waals surface area contributed by atoms with E-state index in [2.05, 4.69) is 18.7 Å². The smallest absolute Gasteiger partial charge is 0.0431 e. The highest BCUT2D eigenvalue weighted by Crippen LogP contribution is 2.05. The molecule has 0 amide bonds. The molecule has 0 saturated carbocycles. The van der Waals surface area contributed by atoms with E-state index < -0.39 is 0 Å². The molecule has 15 heavy (non-hydrogen) atoms. The highest BCUT2D eigenvalue weighted by Gasteiger charge is 2.07. The van der Waals surface area contributed by atoms with Crippen molar-refractivity contribution in [1.82, 2.24) is 4.90 Å². The van der Waals surface area contributed by atoms with E-state index in [9.17, 15) is 0 Å². The molecule has 3 N–H and O–H groups in total. The van der Waals surface area contributed by atoms with Crippen LogP contribution in [-0.4, -0.2) is 42.3 Å². The molecule has 3 nitrogen and oxygen atoms in total. The zero-order chi connectivity index (χ0) is 11.5. The van der Waals surface area contributed by atoms with Gasteiger partial charge in [-0.2, -0.15) is 0 Å². The number of rotatable bonds is 10. The molecule has 0 saturated heterocycles. The van der Waals surface area contributed by atoms with Crippen molar-refractivity contribution >= 4 is 0 Å². The maximum atomic E-state index is 8.65. The molecule has 0 aliphatic rings. The van der Waals surface area contributed by atoms with Crippen molar-refractivity contribution in [3.8, 4) is 0 Å². The fraction of sp³-hybridized carbons (Fsp3) is 1.00. The number of nitrogens with zero attached hydrogens (tertiary/aromatic N) is 1. The van der Waals surface area contributed by atoms with E-state index in [1.807, 2.05) is 0 Å². The summed E-state index contributed by atoms with van der Waals surface area (Å²) in [6, 6.07) is 0.620. The van der Waals surface area contributed by atoms with Crippen molar-refractivity contribution < 1.29 is 5.11 Å². The summed E-state index contributed by atoms with van der Waals surface area (Å²) in [5.74, 6) is 0. The zero-order valence-corrected chi connectivity index (χ0v) is 10.4. The molecule has 3 heteroatoms. The van der Waals surface area contributed by atoms with Crippen molar-refractivity contribution in [2.24, 2.45) is 5.73 Å². The second kappa shape index (κ2) is 10.4. The molecule has 0 aromatic heterocycles.